The first-order valence-corrected chi connectivity index (χ1v) is 11.6. The molecule has 4 rings (SSSR count). The Hall–Kier alpha value is -2.96. The summed E-state index contributed by atoms with van der Waals surface area (Å²) in [5, 5.41) is 1.55. The lowest BCUT2D eigenvalue weighted by Crippen LogP contribution is -2.17. The highest BCUT2D eigenvalue weighted by Crippen LogP contribution is 2.31. The number of para-hydroxylation sites is 1. The van der Waals surface area contributed by atoms with Crippen LogP contribution in [0.1, 0.15) is 11.1 Å². The molecule has 3 aromatic carbocycles. The second kappa shape index (κ2) is 8.29. The van der Waals surface area contributed by atoms with Crippen molar-refractivity contribution in [3.05, 3.63) is 89.1 Å². The van der Waals surface area contributed by atoms with Gasteiger partial charge in [0, 0.05) is 25.2 Å². The largest absolute Gasteiger partial charge is 0.497 e. The molecule has 0 aliphatic rings. The van der Waals surface area contributed by atoms with Gasteiger partial charge in [0.1, 0.15) is 5.75 Å². The highest BCUT2D eigenvalue weighted by Gasteiger charge is 2.22. The molecule has 0 saturated carbocycles. The number of rotatable bonds is 6. The molecule has 0 fully saturated rings. The molecule has 1 aromatic heterocycles. The first-order chi connectivity index (χ1) is 14.8. The van der Waals surface area contributed by atoms with Crippen LogP contribution in [0.15, 0.2) is 77.8 Å². The van der Waals surface area contributed by atoms with Gasteiger partial charge in [-0.2, -0.15) is 0 Å². The van der Waals surface area contributed by atoms with Crippen LogP contribution in [0.4, 0.5) is 5.69 Å². The standard InChI is InChI=1S/C24H23ClN2O3S/c1-17-8-13-24(22(25)14-17)26(2)15-18-16-27(23-7-5-4-6-21(18)23)31(28,29)20-11-9-19(30-3)10-12-20/h4-14,16H,15H2,1-3H3. The highest BCUT2D eigenvalue weighted by molar-refractivity contribution is 7.90. The predicted octanol–water partition coefficient (Wildman–Crippen LogP) is 5.49. The summed E-state index contributed by atoms with van der Waals surface area (Å²) >= 11 is 6.44. The topological polar surface area (TPSA) is 51.5 Å². The van der Waals surface area contributed by atoms with Crippen LogP contribution in [-0.2, 0) is 16.6 Å². The van der Waals surface area contributed by atoms with E-state index in [1.165, 1.54) is 3.97 Å². The molecule has 0 aliphatic carbocycles. The van der Waals surface area contributed by atoms with Gasteiger partial charge in [-0.25, -0.2) is 12.4 Å². The normalized spacial score (nSPS) is 11.6. The van der Waals surface area contributed by atoms with Crippen molar-refractivity contribution in [3.8, 4) is 5.75 Å². The first-order valence-electron chi connectivity index (χ1n) is 9.77. The molecule has 7 heteroatoms. The van der Waals surface area contributed by atoms with Crippen LogP contribution in [0.2, 0.25) is 5.02 Å². The third kappa shape index (κ3) is 4.01. The number of fused-ring (bicyclic) bond motifs is 1. The smallest absolute Gasteiger partial charge is 0.268 e. The third-order valence-electron chi connectivity index (χ3n) is 5.30. The van der Waals surface area contributed by atoms with Crippen LogP contribution in [0.25, 0.3) is 10.9 Å². The van der Waals surface area contributed by atoms with Crippen molar-refractivity contribution in [3.63, 3.8) is 0 Å². The average Bonchev–Trinajstić information content (AvgIpc) is 3.13. The summed E-state index contributed by atoms with van der Waals surface area (Å²) < 4.78 is 33.3. The first kappa shape index (κ1) is 21.3. The molecular weight excluding hydrogens is 432 g/mol. The highest BCUT2D eigenvalue weighted by atomic mass is 35.5. The molecule has 31 heavy (non-hydrogen) atoms. The fourth-order valence-corrected chi connectivity index (χ4v) is 5.44. The number of benzene rings is 3. The second-order valence-electron chi connectivity index (χ2n) is 7.46. The number of nitrogens with zero attached hydrogens (tertiary/aromatic N) is 2. The number of hydrogen-bond donors (Lipinski definition) is 0. The Balaban J connectivity index is 1.77. The molecule has 160 valence electrons. The average molecular weight is 455 g/mol. The fourth-order valence-electron chi connectivity index (χ4n) is 3.67. The van der Waals surface area contributed by atoms with Gasteiger partial charge in [-0.1, -0.05) is 35.9 Å². The molecule has 0 aliphatic heterocycles. The summed E-state index contributed by atoms with van der Waals surface area (Å²) in [6.07, 6.45) is 1.70. The fraction of sp³-hybridized carbons (Fsp3) is 0.167. The minimum Gasteiger partial charge on any atom is -0.497 e. The quantitative estimate of drug-likeness (QED) is 0.387. The van der Waals surface area contributed by atoms with Crippen molar-refractivity contribution < 1.29 is 13.2 Å². The maximum Gasteiger partial charge on any atom is 0.268 e. The van der Waals surface area contributed by atoms with E-state index < -0.39 is 10.0 Å². The predicted molar refractivity (Wildman–Crippen MR) is 126 cm³/mol. The Bertz CT molecular complexity index is 1350. The third-order valence-corrected chi connectivity index (χ3v) is 7.29. The monoisotopic (exact) mass is 454 g/mol. The zero-order valence-electron chi connectivity index (χ0n) is 17.5. The zero-order chi connectivity index (χ0) is 22.2. The van der Waals surface area contributed by atoms with E-state index in [9.17, 15) is 8.42 Å². The van der Waals surface area contributed by atoms with E-state index in [0.29, 0.717) is 22.8 Å². The van der Waals surface area contributed by atoms with Gasteiger partial charge in [0.2, 0.25) is 0 Å². The molecule has 5 nitrogen and oxygen atoms in total. The van der Waals surface area contributed by atoms with E-state index in [2.05, 4.69) is 0 Å². The van der Waals surface area contributed by atoms with Gasteiger partial charge in [0.15, 0.2) is 0 Å². The van der Waals surface area contributed by atoms with Gasteiger partial charge in [-0.05, 0) is 60.5 Å². The van der Waals surface area contributed by atoms with Gasteiger partial charge in [0.25, 0.3) is 10.0 Å². The Morgan fingerprint density at radius 1 is 1.03 bits per heavy atom. The summed E-state index contributed by atoms with van der Waals surface area (Å²) in [5.74, 6) is 0.605. The summed E-state index contributed by atoms with van der Waals surface area (Å²) in [6.45, 7) is 2.50. The Morgan fingerprint density at radius 3 is 2.42 bits per heavy atom. The molecule has 0 N–H and O–H groups in total. The van der Waals surface area contributed by atoms with E-state index in [1.807, 2.05) is 61.3 Å². The molecule has 0 amide bonds. The number of halogens is 1. The summed E-state index contributed by atoms with van der Waals surface area (Å²) in [4.78, 5) is 2.23. The van der Waals surface area contributed by atoms with Crippen LogP contribution in [0.3, 0.4) is 0 Å². The molecule has 4 aromatic rings. The van der Waals surface area contributed by atoms with Crippen molar-refractivity contribution in [2.75, 3.05) is 19.1 Å². The summed E-state index contributed by atoms with van der Waals surface area (Å²) in [5.41, 5.74) is 3.51. The lowest BCUT2D eigenvalue weighted by atomic mass is 10.1. The lowest BCUT2D eigenvalue weighted by Gasteiger charge is -2.20. The van der Waals surface area contributed by atoms with Gasteiger partial charge in [0.05, 0.1) is 28.2 Å². The van der Waals surface area contributed by atoms with Crippen LogP contribution in [0.5, 0.6) is 5.75 Å². The van der Waals surface area contributed by atoms with E-state index in [0.717, 1.165) is 22.2 Å². The lowest BCUT2D eigenvalue weighted by molar-refractivity contribution is 0.414. The molecule has 0 radical (unpaired) electrons. The van der Waals surface area contributed by atoms with Crippen molar-refractivity contribution in [2.24, 2.45) is 0 Å². The zero-order valence-corrected chi connectivity index (χ0v) is 19.1. The number of aromatic nitrogens is 1. The van der Waals surface area contributed by atoms with E-state index in [4.69, 9.17) is 16.3 Å². The van der Waals surface area contributed by atoms with Gasteiger partial charge in [-0.3, -0.25) is 0 Å². The van der Waals surface area contributed by atoms with Gasteiger partial charge in [-0.15, -0.1) is 0 Å². The molecule has 0 saturated heterocycles. The molecule has 0 unspecified atom stereocenters. The Kier molecular flexibility index (Phi) is 5.69. The molecule has 0 spiro atoms. The van der Waals surface area contributed by atoms with Gasteiger partial charge < -0.3 is 9.64 Å². The molecule has 1 heterocycles. The number of aryl methyl sites for hydroxylation is 1. The Labute approximate surface area is 187 Å². The van der Waals surface area contributed by atoms with Crippen molar-refractivity contribution in [1.29, 1.82) is 0 Å². The molecular formula is C24H23ClN2O3S. The van der Waals surface area contributed by atoms with Crippen molar-refractivity contribution in [1.82, 2.24) is 3.97 Å². The van der Waals surface area contributed by atoms with Crippen LogP contribution in [0, 0.1) is 6.92 Å². The van der Waals surface area contributed by atoms with Gasteiger partial charge >= 0.3 is 0 Å². The maximum atomic E-state index is 13.4. The van der Waals surface area contributed by atoms with Crippen molar-refractivity contribution >= 4 is 38.2 Å². The molecule has 0 atom stereocenters. The Morgan fingerprint density at radius 2 is 1.74 bits per heavy atom. The SMILES string of the molecule is COc1ccc(S(=O)(=O)n2cc(CN(C)c3ccc(C)cc3Cl)c3ccccc32)cc1. The number of ether oxygens (including phenoxy) is 1. The van der Waals surface area contributed by atoms with Crippen LogP contribution < -0.4 is 9.64 Å². The van der Waals surface area contributed by atoms with Crippen LogP contribution >= 0.6 is 11.6 Å². The summed E-state index contributed by atoms with van der Waals surface area (Å²) in [6, 6.07) is 19.8. The van der Waals surface area contributed by atoms with E-state index in [1.54, 1.807) is 37.6 Å². The minimum absolute atomic E-state index is 0.204. The minimum atomic E-state index is -3.77. The summed E-state index contributed by atoms with van der Waals surface area (Å²) in [7, 11) is -0.275. The van der Waals surface area contributed by atoms with Crippen molar-refractivity contribution in [2.45, 2.75) is 18.4 Å². The number of anilines is 1. The molecule has 0 bridgehead atoms. The second-order valence-corrected chi connectivity index (χ2v) is 9.68. The number of hydrogen-bond acceptors (Lipinski definition) is 4. The van der Waals surface area contributed by atoms with E-state index >= 15 is 0 Å². The number of methoxy groups -OCH3 is 1. The van der Waals surface area contributed by atoms with Crippen LogP contribution in [-0.4, -0.2) is 26.5 Å². The maximum absolute atomic E-state index is 13.4. The van der Waals surface area contributed by atoms with E-state index in [-0.39, 0.29) is 4.90 Å².